The van der Waals surface area contributed by atoms with Gasteiger partial charge in [0.15, 0.2) is 0 Å². The lowest BCUT2D eigenvalue weighted by Crippen LogP contribution is -2.60. The minimum Gasteiger partial charge on any atom is -0.481 e. The number of carboxylic acids is 1. The van der Waals surface area contributed by atoms with Crippen molar-refractivity contribution in [2.75, 3.05) is 39.5 Å². The summed E-state index contributed by atoms with van der Waals surface area (Å²) in [6.07, 6.45) is 0. The van der Waals surface area contributed by atoms with E-state index in [-0.39, 0.29) is 31.3 Å². The van der Waals surface area contributed by atoms with E-state index in [1.165, 1.54) is 0 Å². The highest BCUT2D eigenvalue weighted by atomic mass is 16.5. The van der Waals surface area contributed by atoms with Gasteiger partial charge in [-0.1, -0.05) is 0 Å². The first-order valence-corrected chi connectivity index (χ1v) is 6.91. The molecule has 2 atom stereocenters. The van der Waals surface area contributed by atoms with Crippen LogP contribution in [0.4, 0.5) is 0 Å². The van der Waals surface area contributed by atoms with Crippen molar-refractivity contribution < 1.29 is 24.2 Å². The van der Waals surface area contributed by atoms with Crippen molar-refractivity contribution in [2.24, 2.45) is 5.92 Å². The van der Waals surface area contributed by atoms with Crippen molar-refractivity contribution in [2.45, 2.75) is 25.5 Å². The highest BCUT2D eigenvalue weighted by Crippen LogP contribution is 2.21. The molecule has 114 valence electrons. The Kier molecular flexibility index (Phi) is 4.62. The molecule has 20 heavy (non-hydrogen) atoms. The van der Waals surface area contributed by atoms with E-state index in [0.717, 1.165) is 13.1 Å². The van der Waals surface area contributed by atoms with E-state index in [9.17, 15) is 9.59 Å². The van der Waals surface area contributed by atoms with Crippen LogP contribution in [0, 0.1) is 5.92 Å². The van der Waals surface area contributed by atoms with Crippen LogP contribution in [0.15, 0.2) is 0 Å². The number of carbonyl (C=O) groups excluding carboxylic acids is 1. The number of carboxylic acid groups (broad SMARTS) is 1. The predicted molar refractivity (Wildman–Crippen MR) is 70.3 cm³/mol. The number of rotatable bonds is 6. The normalized spacial score (nSPS) is 27.9. The van der Waals surface area contributed by atoms with Gasteiger partial charge in [-0.3, -0.25) is 9.59 Å². The second-order valence-electron chi connectivity index (χ2n) is 5.57. The quantitative estimate of drug-likeness (QED) is 0.672. The molecule has 7 nitrogen and oxygen atoms in total. The first kappa shape index (κ1) is 15.2. The predicted octanol–water partition coefficient (Wildman–Crippen LogP) is -0.687. The molecule has 7 heteroatoms. The van der Waals surface area contributed by atoms with E-state index in [1.807, 2.05) is 13.8 Å². The largest absolute Gasteiger partial charge is 0.481 e. The van der Waals surface area contributed by atoms with Crippen molar-refractivity contribution in [3.8, 4) is 0 Å². The number of aliphatic carboxylic acids is 1. The van der Waals surface area contributed by atoms with Crippen molar-refractivity contribution in [1.82, 2.24) is 10.2 Å². The van der Waals surface area contributed by atoms with Gasteiger partial charge in [0, 0.05) is 19.6 Å². The molecule has 0 spiro atoms. The number of nitrogens with zero attached hydrogens (tertiary/aromatic N) is 1. The number of likely N-dealkylation sites (N-methyl/N-ethyl adjacent to an activating group) is 1. The lowest BCUT2D eigenvalue weighted by atomic mass is 10.00. The maximum atomic E-state index is 12.2. The molecule has 0 aromatic rings. The highest BCUT2D eigenvalue weighted by molar-refractivity contribution is 5.79. The Morgan fingerprint density at radius 3 is 2.65 bits per heavy atom. The molecule has 0 aliphatic carbocycles. The van der Waals surface area contributed by atoms with Crippen molar-refractivity contribution in [1.29, 1.82) is 0 Å². The lowest BCUT2D eigenvalue weighted by Gasteiger charge is -2.39. The summed E-state index contributed by atoms with van der Waals surface area (Å²) >= 11 is 0. The fraction of sp³-hybridized carbons (Fsp3) is 0.846. The van der Waals surface area contributed by atoms with Crippen LogP contribution in [0.3, 0.4) is 0 Å². The van der Waals surface area contributed by atoms with Gasteiger partial charge in [-0.25, -0.2) is 0 Å². The zero-order valence-electron chi connectivity index (χ0n) is 11.9. The maximum absolute atomic E-state index is 12.2. The van der Waals surface area contributed by atoms with Gasteiger partial charge in [-0.2, -0.15) is 0 Å². The Hall–Kier alpha value is -1.18. The average Bonchev–Trinajstić information content (AvgIpc) is 2.84. The standard InChI is InChI=1S/C13H22N2O5/c1-3-15(10-5-19-4-9(10)12(17)18)11(16)6-20-13(2)7-14-8-13/h9-10,14H,3-8H2,1-2H3,(H,17,18). The van der Waals surface area contributed by atoms with Crippen molar-refractivity contribution in [3.05, 3.63) is 0 Å². The summed E-state index contributed by atoms with van der Waals surface area (Å²) in [7, 11) is 0. The van der Waals surface area contributed by atoms with Gasteiger partial charge in [0.2, 0.25) is 5.91 Å². The zero-order chi connectivity index (χ0) is 14.8. The first-order chi connectivity index (χ1) is 9.47. The van der Waals surface area contributed by atoms with Gasteiger partial charge in [0.25, 0.3) is 0 Å². The van der Waals surface area contributed by atoms with Crippen molar-refractivity contribution in [3.63, 3.8) is 0 Å². The molecule has 2 N–H and O–H groups in total. The number of carbonyl (C=O) groups is 2. The molecule has 2 aliphatic rings. The second kappa shape index (κ2) is 6.07. The molecular weight excluding hydrogens is 264 g/mol. The Morgan fingerprint density at radius 1 is 1.45 bits per heavy atom. The highest BCUT2D eigenvalue weighted by Gasteiger charge is 2.40. The van der Waals surface area contributed by atoms with Crippen LogP contribution in [0.25, 0.3) is 0 Å². The molecular formula is C13H22N2O5. The molecule has 0 bridgehead atoms. The van der Waals surface area contributed by atoms with E-state index in [0.29, 0.717) is 6.54 Å². The van der Waals surface area contributed by atoms with Crippen LogP contribution in [0.1, 0.15) is 13.8 Å². The topological polar surface area (TPSA) is 88.1 Å². The van der Waals surface area contributed by atoms with E-state index >= 15 is 0 Å². The summed E-state index contributed by atoms with van der Waals surface area (Å²) in [5.41, 5.74) is -0.284. The van der Waals surface area contributed by atoms with E-state index in [4.69, 9.17) is 14.6 Å². The molecule has 2 rings (SSSR count). The number of nitrogens with one attached hydrogen (secondary N) is 1. The average molecular weight is 286 g/mol. The fourth-order valence-electron chi connectivity index (χ4n) is 2.58. The Morgan fingerprint density at radius 2 is 2.15 bits per heavy atom. The number of hydrogen-bond acceptors (Lipinski definition) is 5. The van der Waals surface area contributed by atoms with Crippen LogP contribution < -0.4 is 5.32 Å². The second-order valence-corrected chi connectivity index (χ2v) is 5.57. The van der Waals surface area contributed by atoms with E-state index in [2.05, 4.69) is 5.32 Å². The first-order valence-electron chi connectivity index (χ1n) is 6.91. The minimum absolute atomic E-state index is 0.0190. The van der Waals surface area contributed by atoms with Gasteiger partial charge in [0.05, 0.1) is 24.9 Å². The summed E-state index contributed by atoms with van der Waals surface area (Å²) in [5.74, 6) is -1.75. The molecule has 0 saturated carbocycles. The van der Waals surface area contributed by atoms with Gasteiger partial charge in [-0.15, -0.1) is 0 Å². The third-order valence-corrected chi connectivity index (χ3v) is 3.97. The molecule has 2 fully saturated rings. The van der Waals surface area contributed by atoms with Crippen LogP contribution in [-0.4, -0.2) is 73.0 Å². The number of ether oxygens (including phenoxy) is 2. The lowest BCUT2D eigenvalue weighted by molar-refractivity contribution is -0.151. The molecule has 1 amide bonds. The van der Waals surface area contributed by atoms with Crippen LogP contribution >= 0.6 is 0 Å². The van der Waals surface area contributed by atoms with Gasteiger partial charge in [0.1, 0.15) is 12.5 Å². The number of hydrogen-bond donors (Lipinski definition) is 2. The molecule has 2 saturated heterocycles. The summed E-state index contributed by atoms with van der Waals surface area (Å²) in [6, 6.07) is -0.402. The fourth-order valence-corrected chi connectivity index (χ4v) is 2.58. The molecule has 2 unspecified atom stereocenters. The SMILES string of the molecule is CCN(C(=O)COC1(C)CNC1)C1COCC1C(=O)O. The molecule has 2 aliphatic heterocycles. The van der Waals surface area contributed by atoms with E-state index in [1.54, 1.807) is 4.90 Å². The molecule has 0 radical (unpaired) electrons. The zero-order valence-corrected chi connectivity index (χ0v) is 11.9. The Balaban J connectivity index is 1.92. The summed E-state index contributed by atoms with van der Waals surface area (Å²) < 4.78 is 10.8. The number of amides is 1. The molecule has 2 heterocycles. The van der Waals surface area contributed by atoms with Gasteiger partial charge in [-0.05, 0) is 13.8 Å². The summed E-state index contributed by atoms with van der Waals surface area (Å²) in [6.45, 7) is 6.12. The third kappa shape index (κ3) is 3.11. The smallest absolute Gasteiger partial charge is 0.311 e. The molecule has 0 aromatic carbocycles. The monoisotopic (exact) mass is 286 g/mol. The van der Waals surface area contributed by atoms with Gasteiger partial charge >= 0.3 is 5.97 Å². The van der Waals surface area contributed by atoms with E-state index < -0.39 is 17.9 Å². The van der Waals surface area contributed by atoms with Gasteiger partial charge < -0.3 is 24.8 Å². The maximum Gasteiger partial charge on any atom is 0.311 e. The Bertz CT molecular complexity index is 383. The van der Waals surface area contributed by atoms with Crippen LogP contribution in [-0.2, 0) is 19.1 Å². The van der Waals surface area contributed by atoms with Crippen LogP contribution in [0.5, 0.6) is 0 Å². The summed E-state index contributed by atoms with van der Waals surface area (Å²) in [5, 5.41) is 12.3. The third-order valence-electron chi connectivity index (χ3n) is 3.97. The summed E-state index contributed by atoms with van der Waals surface area (Å²) in [4.78, 5) is 25.0. The Labute approximate surface area is 118 Å². The minimum atomic E-state index is -0.921. The molecule has 0 aromatic heterocycles. The van der Waals surface area contributed by atoms with Crippen LogP contribution in [0.2, 0.25) is 0 Å². The van der Waals surface area contributed by atoms with Crippen molar-refractivity contribution >= 4 is 11.9 Å².